The minimum atomic E-state index is -0.609. The minimum Gasteiger partial charge on any atom is -0.469 e. The summed E-state index contributed by atoms with van der Waals surface area (Å²) in [7, 11) is 9.54. The van der Waals surface area contributed by atoms with Gasteiger partial charge in [0.1, 0.15) is 0 Å². The fourth-order valence-electron chi connectivity index (χ4n) is 7.43. The number of hydrogen-bond acceptors (Lipinski definition) is 18. The highest BCUT2D eigenvalue weighted by atomic mass is 35.5. The third-order valence-corrected chi connectivity index (χ3v) is 11.8. The largest absolute Gasteiger partial charge is 0.469 e. The summed E-state index contributed by atoms with van der Waals surface area (Å²) < 4.78 is 32.4. The van der Waals surface area contributed by atoms with E-state index >= 15 is 0 Å². The number of ketones is 1. The number of nitrogens with one attached hydrogen (secondary N) is 2. The molecule has 6 amide bonds. The molecule has 414 valence electrons. The van der Waals surface area contributed by atoms with E-state index < -0.39 is 23.9 Å². The fourth-order valence-corrected chi connectivity index (χ4v) is 7.43. The van der Waals surface area contributed by atoms with Crippen molar-refractivity contribution in [1.29, 1.82) is 0 Å². The van der Waals surface area contributed by atoms with Crippen LogP contribution < -0.4 is 10.6 Å². The summed E-state index contributed by atoms with van der Waals surface area (Å²) in [5.41, 5.74) is -0.336. The van der Waals surface area contributed by atoms with Crippen molar-refractivity contribution >= 4 is 60.5 Å². The van der Waals surface area contributed by atoms with Crippen LogP contribution in [0.3, 0.4) is 0 Å². The number of carbonyl (C=O) groups excluding carboxylic acids is 8. The average molecular weight is 1040 g/mol. The van der Waals surface area contributed by atoms with Gasteiger partial charge in [-0.1, -0.05) is 27.7 Å². The molecule has 23 nitrogen and oxygen atoms in total. The number of alkyl carbamates (subject to hydrolysis) is 1. The number of halogens is 1. The standard InChI is InChI=1S/C10H19NO5.C9H15NO3.C9H17NO2.C7H13NO3.C7H11NO3.C5H11NO.ClH/c1-10(16-4,6-5-8(12)14-2)7-11-9(13)15-3;1-9(2)5-4-7(11)10(6-9)8(12)13-3;1-9(2)5-4-6-10(7-9)8(11)12-3;2*1-11-7(10)8-4-2-3-6(9)5-8;7-5-2-1-3-6-4-5;/h5-7H2,1-4H3,(H,11,13);4-6H2,1-3H3;4-7H2,1-3H3;6,9H,2-5H2,1H3;2-5H2,1H3;5-7H,1-4H2;1H. The normalized spacial score (nSPS) is 20.7. The maximum Gasteiger partial charge on any atom is 0.416 e. The summed E-state index contributed by atoms with van der Waals surface area (Å²) in [6.07, 6.45) is 6.88. The summed E-state index contributed by atoms with van der Waals surface area (Å²) in [5.74, 6) is -0.325. The molecule has 5 heterocycles. The number of aliphatic hydroxyl groups excluding tert-OH is 2. The Bertz CT molecular complexity index is 1590. The lowest BCUT2D eigenvalue weighted by atomic mass is 9.84. The van der Waals surface area contributed by atoms with E-state index in [-0.39, 0.29) is 84.8 Å². The Morgan fingerprint density at radius 1 is 0.676 bits per heavy atom. The van der Waals surface area contributed by atoms with Gasteiger partial charge in [-0.05, 0) is 82.1 Å². The zero-order valence-electron chi connectivity index (χ0n) is 44.4. The number of β-amino-alcohol motifs (C(OH)–C–C–N with tert-alkyl or cyclic N) is 2. The predicted molar refractivity (Wildman–Crippen MR) is 264 cm³/mol. The number of hydrogen-bond donors (Lipinski definition) is 4. The monoisotopic (exact) mass is 1040 g/mol. The van der Waals surface area contributed by atoms with Crippen LogP contribution in [0.1, 0.15) is 112 Å². The number of amides is 6. The van der Waals surface area contributed by atoms with Crippen LogP contribution >= 0.6 is 12.4 Å². The van der Waals surface area contributed by atoms with Gasteiger partial charge >= 0.3 is 36.4 Å². The maximum atomic E-state index is 11.3. The lowest BCUT2D eigenvalue weighted by molar-refractivity contribution is -0.142. The number of aliphatic hydroxyl groups is 2. The zero-order chi connectivity index (χ0) is 53.5. The number of likely N-dealkylation sites (tertiary alicyclic amines) is 4. The molecule has 0 aliphatic carbocycles. The molecule has 0 radical (unpaired) electrons. The SMILES string of the molecule is COC(=O)CCC(C)(CNC(=O)OC)OC.COC(=O)N1CC(C)(C)CCC1=O.COC(=O)N1CCCC(=O)C1.COC(=O)N1CCCC(C)(C)C1.COC(=O)N1CCCC(O)C1.Cl.OC1CCCNC1. The van der Waals surface area contributed by atoms with Crippen LogP contribution in [-0.4, -0.2) is 211 Å². The molecule has 0 aromatic heterocycles. The Morgan fingerprint density at radius 2 is 1.23 bits per heavy atom. The Morgan fingerprint density at radius 3 is 1.70 bits per heavy atom. The van der Waals surface area contributed by atoms with Gasteiger partial charge in [0, 0.05) is 78.7 Å². The second kappa shape index (κ2) is 36.2. The second-order valence-electron chi connectivity index (χ2n) is 19.1. The van der Waals surface area contributed by atoms with Gasteiger partial charge in [-0.15, -0.1) is 12.4 Å². The third kappa shape index (κ3) is 30.1. The summed E-state index contributed by atoms with van der Waals surface area (Å²) >= 11 is 0. The zero-order valence-corrected chi connectivity index (χ0v) is 45.2. The molecule has 0 spiro atoms. The third-order valence-electron chi connectivity index (χ3n) is 11.8. The molecule has 0 aromatic carbocycles. The summed E-state index contributed by atoms with van der Waals surface area (Å²) in [5, 5.41) is 23.6. The van der Waals surface area contributed by atoms with Crippen LogP contribution in [0.4, 0.5) is 24.0 Å². The number of methoxy groups -OCH3 is 7. The van der Waals surface area contributed by atoms with Gasteiger partial charge in [0.25, 0.3) is 0 Å². The van der Waals surface area contributed by atoms with E-state index in [1.807, 2.05) is 13.8 Å². The van der Waals surface area contributed by atoms with E-state index in [0.717, 1.165) is 71.1 Å². The average Bonchev–Trinajstić information content (AvgIpc) is 3.35. The molecule has 0 saturated carbocycles. The van der Waals surface area contributed by atoms with Crippen LogP contribution in [0.2, 0.25) is 0 Å². The van der Waals surface area contributed by atoms with Crippen molar-refractivity contribution in [3.63, 3.8) is 0 Å². The Labute approximate surface area is 426 Å². The molecule has 5 fully saturated rings. The first-order chi connectivity index (χ1) is 32.8. The van der Waals surface area contributed by atoms with Crippen molar-refractivity contribution in [2.75, 3.05) is 115 Å². The van der Waals surface area contributed by atoms with E-state index in [0.29, 0.717) is 45.4 Å². The summed E-state index contributed by atoms with van der Waals surface area (Å²) in [6.45, 7) is 16.5. The molecule has 24 heteroatoms. The lowest BCUT2D eigenvalue weighted by Gasteiger charge is -2.36. The number of ether oxygens (including phenoxy) is 7. The van der Waals surface area contributed by atoms with Gasteiger partial charge in [-0.2, -0.15) is 0 Å². The van der Waals surface area contributed by atoms with E-state index in [1.54, 1.807) is 11.8 Å². The maximum absolute atomic E-state index is 11.3. The van der Waals surface area contributed by atoms with E-state index in [4.69, 9.17) is 9.84 Å². The molecule has 5 rings (SSSR count). The van der Waals surface area contributed by atoms with E-state index in [2.05, 4.69) is 52.9 Å². The first kappa shape index (κ1) is 68.4. The lowest BCUT2D eigenvalue weighted by Crippen LogP contribution is -2.47. The highest BCUT2D eigenvalue weighted by molar-refractivity contribution is 5.92. The first-order valence-electron chi connectivity index (χ1n) is 23.7. The van der Waals surface area contributed by atoms with Gasteiger partial charge in [0.15, 0.2) is 5.78 Å². The molecule has 3 unspecified atom stereocenters. The number of piperidine rings is 5. The number of nitrogens with zero attached hydrogens (tertiary/aromatic N) is 4. The Kier molecular flexibility index (Phi) is 34.9. The highest BCUT2D eigenvalue weighted by Crippen LogP contribution is 2.30. The van der Waals surface area contributed by atoms with Gasteiger partial charge < -0.3 is 68.7 Å². The molecular weight excluding hydrogens is 956 g/mol. The number of imide groups is 1. The van der Waals surface area contributed by atoms with Crippen LogP contribution in [0.15, 0.2) is 0 Å². The molecule has 5 aliphatic rings. The molecule has 3 atom stereocenters. The van der Waals surface area contributed by atoms with Crippen molar-refractivity contribution < 1.29 is 81.7 Å². The first-order valence-corrected chi connectivity index (χ1v) is 23.7. The van der Waals surface area contributed by atoms with Gasteiger partial charge in [-0.3, -0.25) is 14.4 Å². The molecule has 71 heavy (non-hydrogen) atoms. The quantitative estimate of drug-likeness (QED) is 0.206. The van der Waals surface area contributed by atoms with Crippen molar-refractivity contribution in [2.24, 2.45) is 10.8 Å². The topological polar surface area (TPSA) is 279 Å². The van der Waals surface area contributed by atoms with Crippen molar-refractivity contribution in [2.45, 2.75) is 129 Å². The van der Waals surface area contributed by atoms with Crippen LogP contribution in [0.25, 0.3) is 0 Å². The van der Waals surface area contributed by atoms with E-state index in [1.165, 1.54) is 70.9 Å². The summed E-state index contributed by atoms with van der Waals surface area (Å²) in [4.78, 5) is 94.0. The molecule has 5 aliphatic heterocycles. The van der Waals surface area contributed by atoms with Gasteiger partial charge in [0.2, 0.25) is 5.91 Å². The van der Waals surface area contributed by atoms with Gasteiger partial charge in [-0.25, -0.2) is 28.9 Å². The Hall–Kier alpha value is -4.71. The number of esters is 1. The number of rotatable bonds is 6. The van der Waals surface area contributed by atoms with Gasteiger partial charge in [0.05, 0.1) is 67.0 Å². The van der Waals surface area contributed by atoms with Crippen molar-refractivity contribution in [1.82, 2.24) is 30.2 Å². The second-order valence-corrected chi connectivity index (χ2v) is 19.1. The summed E-state index contributed by atoms with van der Waals surface area (Å²) in [6, 6.07) is 0. The molecule has 5 saturated heterocycles. The fraction of sp³-hybridized carbons (Fsp3) is 0.830. The number of Topliss-reactive ketones (excluding diaryl/α,β-unsaturated/α-hetero) is 1. The predicted octanol–water partition coefficient (Wildman–Crippen LogP) is 4.76. The van der Waals surface area contributed by atoms with Crippen molar-refractivity contribution in [3.8, 4) is 0 Å². The minimum absolute atomic E-state index is 0. The number of carbonyl (C=O) groups is 8. The molecule has 4 N–H and O–H groups in total. The highest BCUT2D eigenvalue weighted by Gasteiger charge is 2.35. The van der Waals surface area contributed by atoms with E-state index in [9.17, 15) is 43.5 Å². The molecule has 0 bridgehead atoms. The van der Waals surface area contributed by atoms with Crippen molar-refractivity contribution in [3.05, 3.63) is 0 Å². The van der Waals surface area contributed by atoms with Crippen LogP contribution in [0, 0.1) is 10.8 Å². The molecule has 0 aromatic rings. The Balaban J connectivity index is 0. The van der Waals surface area contributed by atoms with Crippen LogP contribution in [-0.2, 0) is 47.5 Å². The molecular formula is C47H87ClN6O17. The van der Waals surface area contributed by atoms with Crippen LogP contribution in [0.5, 0.6) is 0 Å². The smallest absolute Gasteiger partial charge is 0.416 e.